The maximum Gasteiger partial charge on any atom is 0.104 e. The molecule has 2 N–H and O–H groups in total. The molecule has 0 amide bonds. The van der Waals surface area contributed by atoms with Gasteiger partial charge in [-0.25, -0.2) is 0 Å². The second kappa shape index (κ2) is 3.58. The van der Waals surface area contributed by atoms with Crippen molar-refractivity contribution in [3.8, 4) is 0 Å². The molecule has 2 rings (SSSR count). The molecule has 13 heavy (non-hydrogen) atoms. The highest BCUT2D eigenvalue weighted by molar-refractivity contribution is 4.90. The predicted octanol–water partition coefficient (Wildman–Crippen LogP) is 1.88. The number of rotatable bonds is 1. The molecule has 0 aromatic heterocycles. The summed E-state index contributed by atoms with van der Waals surface area (Å²) >= 11 is 0. The lowest BCUT2D eigenvalue weighted by Crippen LogP contribution is -2.42. The summed E-state index contributed by atoms with van der Waals surface area (Å²) in [7, 11) is 0. The third kappa shape index (κ3) is 1.89. The Balaban J connectivity index is 1.95. The Bertz CT molecular complexity index is 179. The standard InChI is InChI=1S/C11H21NO/c1-11(9-4-2-5-9)7-3-6-10(13)12-8-11/h9-10,12-13H,2-8H2,1H3. The quantitative estimate of drug-likeness (QED) is 0.650. The van der Waals surface area contributed by atoms with Crippen LogP contribution in [0.1, 0.15) is 45.4 Å². The van der Waals surface area contributed by atoms with Crippen molar-refractivity contribution in [3.05, 3.63) is 0 Å². The minimum atomic E-state index is -0.248. The third-order valence-corrected chi connectivity index (χ3v) is 4.06. The minimum Gasteiger partial charge on any atom is -0.379 e. The summed E-state index contributed by atoms with van der Waals surface area (Å²) in [6.07, 6.45) is 7.40. The van der Waals surface area contributed by atoms with Crippen molar-refractivity contribution in [1.82, 2.24) is 5.32 Å². The van der Waals surface area contributed by atoms with Gasteiger partial charge < -0.3 is 5.11 Å². The van der Waals surface area contributed by atoms with Gasteiger partial charge in [0.1, 0.15) is 6.23 Å². The highest BCUT2D eigenvalue weighted by Crippen LogP contribution is 2.45. The van der Waals surface area contributed by atoms with Crippen LogP contribution in [0.25, 0.3) is 0 Å². The highest BCUT2D eigenvalue weighted by atomic mass is 16.3. The Morgan fingerprint density at radius 3 is 2.62 bits per heavy atom. The smallest absolute Gasteiger partial charge is 0.104 e. The van der Waals surface area contributed by atoms with E-state index in [0.29, 0.717) is 5.41 Å². The van der Waals surface area contributed by atoms with Crippen LogP contribution in [0.5, 0.6) is 0 Å². The summed E-state index contributed by atoms with van der Waals surface area (Å²) in [5.74, 6) is 0.922. The van der Waals surface area contributed by atoms with Gasteiger partial charge in [0.25, 0.3) is 0 Å². The fraction of sp³-hybridized carbons (Fsp3) is 1.00. The fourth-order valence-corrected chi connectivity index (χ4v) is 2.69. The van der Waals surface area contributed by atoms with Gasteiger partial charge in [-0.1, -0.05) is 13.3 Å². The van der Waals surface area contributed by atoms with Gasteiger partial charge in [0.05, 0.1) is 0 Å². The van der Waals surface area contributed by atoms with Crippen molar-refractivity contribution in [1.29, 1.82) is 0 Å². The first-order valence-electron chi connectivity index (χ1n) is 5.62. The van der Waals surface area contributed by atoms with Gasteiger partial charge in [0.15, 0.2) is 0 Å². The van der Waals surface area contributed by atoms with Crippen LogP contribution in [0.3, 0.4) is 0 Å². The second-order valence-electron chi connectivity index (χ2n) is 5.07. The lowest BCUT2D eigenvalue weighted by atomic mass is 9.64. The van der Waals surface area contributed by atoms with Crippen LogP contribution in [0, 0.1) is 11.3 Å². The van der Waals surface area contributed by atoms with Gasteiger partial charge in [-0.3, -0.25) is 5.32 Å². The van der Waals surface area contributed by atoms with E-state index in [9.17, 15) is 5.11 Å². The summed E-state index contributed by atoms with van der Waals surface area (Å²) in [4.78, 5) is 0. The van der Waals surface area contributed by atoms with E-state index in [1.807, 2.05) is 0 Å². The van der Waals surface area contributed by atoms with E-state index in [-0.39, 0.29) is 6.23 Å². The average molecular weight is 183 g/mol. The average Bonchev–Trinajstić information content (AvgIpc) is 2.11. The van der Waals surface area contributed by atoms with Crippen LogP contribution in [-0.4, -0.2) is 17.9 Å². The topological polar surface area (TPSA) is 32.3 Å². The number of aliphatic hydroxyl groups is 1. The second-order valence-corrected chi connectivity index (χ2v) is 5.07. The number of nitrogens with one attached hydrogen (secondary N) is 1. The van der Waals surface area contributed by atoms with Gasteiger partial charge in [-0.2, -0.15) is 0 Å². The molecule has 1 heterocycles. The predicted molar refractivity (Wildman–Crippen MR) is 53.3 cm³/mol. The SMILES string of the molecule is CC1(C2CCC2)CCCC(O)NC1. The molecule has 76 valence electrons. The molecule has 2 nitrogen and oxygen atoms in total. The van der Waals surface area contributed by atoms with E-state index in [1.165, 1.54) is 32.1 Å². The van der Waals surface area contributed by atoms with Crippen LogP contribution < -0.4 is 5.32 Å². The maximum atomic E-state index is 9.48. The first-order valence-corrected chi connectivity index (χ1v) is 5.62. The van der Waals surface area contributed by atoms with Gasteiger partial charge in [0.2, 0.25) is 0 Å². The van der Waals surface area contributed by atoms with Gasteiger partial charge in [-0.15, -0.1) is 0 Å². The maximum absolute atomic E-state index is 9.48. The molecule has 2 heteroatoms. The van der Waals surface area contributed by atoms with Crippen molar-refractivity contribution in [2.24, 2.45) is 11.3 Å². The normalized spacial score (nSPS) is 42.5. The lowest BCUT2D eigenvalue weighted by molar-refractivity contribution is 0.0806. The fourth-order valence-electron chi connectivity index (χ4n) is 2.69. The number of hydrogen-bond donors (Lipinski definition) is 2. The summed E-state index contributed by atoms with van der Waals surface area (Å²) in [6, 6.07) is 0. The minimum absolute atomic E-state index is 0.248. The van der Waals surface area contributed by atoms with Gasteiger partial charge >= 0.3 is 0 Å². The first kappa shape index (κ1) is 9.47. The molecule has 2 unspecified atom stereocenters. The summed E-state index contributed by atoms with van der Waals surface area (Å²) < 4.78 is 0. The van der Waals surface area contributed by atoms with Crippen molar-refractivity contribution < 1.29 is 5.11 Å². The number of aliphatic hydroxyl groups excluding tert-OH is 1. The van der Waals surface area contributed by atoms with Crippen LogP contribution >= 0.6 is 0 Å². The molecule has 1 saturated heterocycles. The largest absolute Gasteiger partial charge is 0.379 e. The summed E-state index contributed by atoms with van der Waals surface area (Å²) in [5, 5.41) is 12.7. The Morgan fingerprint density at radius 2 is 2.00 bits per heavy atom. The van der Waals surface area contributed by atoms with E-state index >= 15 is 0 Å². The molecule has 0 bridgehead atoms. The highest BCUT2D eigenvalue weighted by Gasteiger charge is 2.38. The van der Waals surface area contributed by atoms with Crippen LogP contribution in [-0.2, 0) is 0 Å². The molecule has 1 saturated carbocycles. The van der Waals surface area contributed by atoms with Crippen molar-refractivity contribution >= 4 is 0 Å². The molecule has 1 aliphatic carbocycles. The molecular weight excluding hydrogens is 162 g/mol. The molecule has 0 aromatic carbocycles. The van der Waals surface area contributed by atoms with E-state index in [2.05, 4.69) is 12.2 Å². The third-order valence-electron chi connectivity index (χ3n) is 4.06. The van der Waals surface area contributed by atoms with Crippen LogP contribution in [0.4, 0.5) is 0 Å². The molecule has 2 atom stereocenters. The monoisotopic (exact) mass is 183 g/mol. The molecule has 0 radical (unpaired) electrons. The van der Waals surface area contributed by atoms with Crippen LogP contribution in [0.15, 0.2) is 0 Å². The molecule has 2 aliphatic rings. The van der Waals surface area contributed by atoms with E-state index in [0.717, 1.165) is 18.9 Å². The molecule has 0 spiro atoms. The van der Waals surface area contributed by atoms with Gasteiger partial charge in [0, 0.05) is 6.54 Å². The number of hydrogen-bond acceptors (Lipinski definition) is 2. The van der Waals surface area contributed by atoms with Crippen molar-refractivity contribution in [3.63, 3.8) is 0 Å². The van der Waals surface area contributed by atoms with Gasteiger partial charge in [-0.05, 0) is 43.4 Å². The lowest BCUT2D eigenvalue weighted by Gasteiger charge is -2.42. The Morgan fingerprint density at radius 1 is 1.23 bits per heavy atom. The molecule has 0 aromatic rings. The van der Waals surface area contributed by atoms with E-state index < -0.39 is 0 Å². The van der Waals surface area contributed by atoms with Crippen LogP contribution in [0.2, 0.25) is 0 Å². The molecular formula is C11H21NO. The first-order chi connectivity index (χ1) is 6.21. The Kier molecular flexibility index (Phi) is 2.61. The zero-order chi connectivity index (χ0) is 9.31. The summed E-state index contributed by atoms with van der Waals surface area (Å²) in [6.45, 7) is 3.40. The molecule has 1 aliphatic heterocycles. The molecule has 2 fully saturated rings. The zero-order valence-electron chi connectivity index (χ0n) is 8.55. The zero-order valence-corrected chi connectivity index (χ0v) is 8.55. The Labute approximate surface area is 80.7 Å². The van der Waals surface area contributed by atoms with E-state index in [1.54, 1.807) is 0 Å². The van der Waals surface area contributed by atoms with Crippen molar-refractivity contribution in [2.45, 2.75) is 51.7 Å². The van der Waals surface area contributed by atoms with Crippen molar-refractivity contribution in [2.75, 3.05) is 6.54 Å². The van der Waals surface area contributed by atoms with E-state index in [4.69, 9.17) is 0 Å². The Hall–Kier alpha value is -0.0800. The summed E-state index contributed by atoms with van der Waals surface area (Å²) in [5.41, 5.74) is 0.468.